The van der Waals surface area contributed by atoms with Crippen molar-refractivity contribution >= 4 is 46.4 Å². The molecular weight excluding hydrogens is 300 g/mol. The Morgan fingerprint density at radius 1 is 0.905 bits per heavy atom. The minimum Gasteiger partial charge on any atom is -0.270 e. The highest BCUT2D eigenvalue weighted by Gasteiger charge is 2.11. The molecule has 0 unspecified atom stereocenters. The molecule has 0 aliphatic heterocycles. The summed E-state index contributed by atoms with van der Waals surface area (Å²) in [5.41, 5.74) is 4.21. The summed E-state index contributed by atoms with van der Waals surface area (Å²) in [6.07, 6.45) is 1.65. The Bertz CT molecular complexity index is 961. The quantitative estimate of drug-likeness (QED) is 0.478. The number of halogens is 1. The summed E-state index contributed by atoms with van der Waals surface area (Å²) >= 11 is 10.6. The number of benzene rings is 2. The van der Waals surface area contributed by atoms with E-state index in [1.54, 1.807) is 10.2 Å². The summed E-state index contributed by atoms with van der Waals surface area (Å²) in [7, 11) is 0. The van der Waals surface area contributed by atoms with Crippen LogP contribution in [0.4, 0.5) is 0 Å². The van der Waals surface area contributed by atoms with E-state index in [4.69, 9.17) is 11.6 Å². The summed E-state index contributed by atoms with van der Waals surface area (Å²) in [4.78, 5) is 4.37. The second kappa shape index (κ2) is 4.79. The molecule has 0 atom stereocenters. The zero-order valence-electron chi connectivity index (χ0n) is 11.0. The standard InChI is InChI=1S/C17H11ClN2S/c18-13-9-15-14-8-12(11-4-2-1-3-5-11)6-7-16(14)20(21)17(15)19-10-13/h1-10,21H. The topological polar surface area (TPSA) is 17.8 Å². The van der Waals surface area contributed by atoms with Crippen LogP contribution in [0, 0.1) is 0 Å². The summed E-state index contributed by atoms with van der Waals surface area (Å²) in [5, 5.41) is 2.76. The van der Waals surface area contributed by atoms with Crippen LogP contribution in [0.25, 0.3) is 33.1 Å². The number of aromatic nitrogens is 2. The molecule has 0 aliphatic rings. The van der Waals surface area contributed by atoms with Gasteiger partial charge in [0.25, 0.3) is 0 Å². The predicted molar refractivity (Wildman–Crippen MR) is 92.1 cm³/mol. The Morgan fingerprint density at radius 3 is 2.52 bits per heavy atom. The van der Waals surface area contributed by atoms with Crippen LogP contribution in [0.2, 0.25) is 5.02 Å². The normalized spacial score (nSPS) is 11.3. The molecule has 2 aromatic heterocycles. The van der Waals surface area contributed by atoms with Gasteiger partial charge in [-0.15, -0.1) is 0 Å². The number of nitrogens with zero attached hydrogens (tertiary/aromatic N) is 2. The number of pyridine rings is 1. The van der Waals surface area contributed by atoms with Crippen LogP contribution < -0.4 is 0 Å². The lowest BCUT2D eigenvalue weighted by atomic mass is 10.0. The Balaban J connectivity index is 2.07. The zero-order chi connectivity index (χ0) is 14.4. The fraction of sp³-hybridized carbons (Fsp3) is 0. The van der Waals surface area contributed by atoms with Gasteiger partial charge in [0.15, 0.2) is 5.65 Å². The van der Waals surface area contributed by atoms with Crippen LogP contribution in [0.1, 0.15) is 0 Å². The van der Waals surface area contributed by atoms with E-state index in [2.05, 4.69) is 48.1 Å². The van der Waals surface area contributed by atoms with Crippen LogP contribution in [0.15, 0.2) is 60.8 Å². The zero-order valence-corrected chi connectivity index (χ0v) is 12.6. The van der Waals surface area contributed by atoms with E-state index in [9.17, 15) is 0 Å². The van der Waals surface area contributed by atoms with Gasteiger partial charge in [-0.1, -0.05) is 60.8 Å². The van der Waals surface area contributed by atoms with Gasteiger partial charge in [-0.2, -0.15) is 0 Å². The highest BCUT2D eigenvalue weighted by molar-refractivity contribution is 7.79. The summed E-state index contributed by atoms with van der Waals surface area (Å²) in [6.45, 7) is 0. The predicted octanol–water partition coefficient (Wildman–Crippen LogP) is 5.20. The Labute approximate surface area is 132 Å². The molecule has 0 spiro atoms. The van der Waals surface area contributed by atoms with Gasteiger partial charge in [0.05, 0.1) is 10.5 Å². The summed E-state index contributed by atoms with van der Waals surface area (Å²) in [5.74, 6) is 0. The average Bonchev–Trinajstić information content (AvgIpc) is 2.80. The number of hydrogen-bond donors (Lipinski definition) is 1. The molecule has 0 N–H and O–H groups in total. The third-order valence-electron chi connectivity index (χ3n) is 3.66. The van der Waals surface area contributed by atoms with E-state index in [1.807, 2.05) is 24.3 Å². The first-order valence-corrected chi connectivity index (χ1v) is 7.36. The van der Waals surface area contributed by atoms with E-state index in [0.717, 1.165) is 21.9 Å². The van der Waals surface area contributed by atoms with Crippen molar-refractivity contribution in [2.45, 2.75) is 0 Å². The van der Waals surface area contributed by atoms with E-state index in [1.165, 1.54) is 11.1 Å². The van der Waals surface area contributed by atoms with E-state index < -0.39 is 0 Å². The van der Waals surface area contributed by atoms with Crippen molar-refractivity contribution in [3.8, 4) is 11.1 Å². The lowest BCUT2D eigenvalue weighted by molar-refractivity contribution is 1.30. The first-order chi connectivity index (χ1) is 10.2. The van der Waals surface area contributed by atoms with Crippen LogP contribution in [0.3, 0.4) is 0 Å². The maximum atomic E-state index is 6.09. The minimum atomic E-state index is 0.633. The first-order valence-electron chi connectivity index (χ1n) is 6.58. The van der Waals surface area contributed by atoms with Gasteiger partial charge < -0.3 is 0 Å². The minimum absolute atomic E-state index is 0.633. The van der Waals surface area contributed by atoms with Crippen molar-refractivity contribution in [3.63, 3.8) is 0 Å². The smallest absolute Gasteiger partial charge is 0.151 e. The van der Waals surface area contributed by atoms with Crippen LogP contribution >= 0.6 is 24.4 Å². The van der Waals surface area contributed by atoms with Gasteiger partial charge in [0.1, 0.15) is 0 Å². The SMILES string of the molecule is Sn1c2ccc(-c3ccccc3)cc2c2cc(Cl)cnc21. The van der Waals surface area contributed by atoms with Gasteiger partial charge in [0.2, 0.25) is 0 Å². The Morgan fingerprint density at radius 2 is 1.71 bits per heavy atom. The molecule has 4 aromatic rings. The fourth-order valence-electron chi connectivity index (χ4n) is 2.66. The molecule has 4 rings (SSSR count). The monoisotopic (exact) mass is 310 g/mol. The van der Waals surface area contributed by atoms with Gasteiger partial charge in [0, 0.05) is 17.0 Å². The highest BCUT2D eigenvalue weighted by atomic mass is 35.5. The summed E-state index contributed by atoms with van der Waals surface area (Å²) in [6, 6.07) is 18.6. The third-order valence-corrected chi connectivity index (χ3v) is 4.27. The maximum Gasteiger partial charge on any atom is 0.151 e. The number of fused-ring (bicyclic) bond motifs is 3. The van der Waals surface area contributed by atoms with Crippen LogP contribution in [-0.2, 0) is 0 Å². The second-order valence-corrected chi connectivity index (χ2v) is 5.77. The molecule has 0 radical (unpaired) electrons. The van der Waals surface area contributed by atoms with Gasteiger partial charge in [-0.05, 0) is 29.3 Å². The highest BCUT2D eigenvalue weighted by Crippen LogP contribution is 2.33. The average molecular weight is 311 g/mol. The van der Waals surface area contributed by atoms with Crippen molar-refractivity contribution < 1.29 is 0 Å². The maximum absolute atomic E-state index is 6.09. The molecule has 2 nitrogen and oxygen atoms in total. The van der Waals surface area contributed by atoms with Crippen molar-refractivity contribution in [1.82, 2.24) is 8.96 Å². The second-order valence-electron chi connectivity index (χ2n) is 4.93. The largest absolute Gasteiger partial charge is 0.270 e. The van der Waals surface area contributed by atoms with Crippen LogP contribution in [0.5, 0.6) is 0 Å². The van der Waals surface area contributed by atoms with Crippen molar-refractivity contribution in [2.75, 3.05) is 0 Å². The molecule has 102 valence electrons. The Hall–Kier alpha value is -1.97. The lowest BCUT2D eigenvalue weighted by Gasteiger charge is -2.02. The van der Waals surface area contributed by atoms with Crippen molar-refractivity contribution in [1.29, 1.82) is 0 Å². The molecule has 0 fully saturated rings. The number of hydrogen-bond acceptors (Lipinski definition) is 2. The molecule has 0 saturated heterocycles. The fourth-order valence-corrected chi connectivity index (χ4v) is 3.15. The molecular formula is C17H11ClN2S. The molecule has 2 aromatic carbocycles. The molecule has 0 aliphatic carbocycles. The van der Waals surface area contributed by atoms with Gasteiger partial charge in [-0.25, -0.2) is 4.98 Å². The Kier molecular flexibility index (Phi) is 2.91. The van der Waals surface area contributed by atoms with Crippen molar-refractivity contribution in [3.05, 3.63) is 65.8 Å². The van der Waals surface area contributed by atoms with E-state index >= 15 is 0 Å². The summed E-state index contributed by atoms with van der Waals surface area (Å²) < 4.78 is 1.80. The first kappa shape index (κ1) is 12.7. The van der Waals surface area contributed by atoms with E-state index in [0.29, 0.717) is 5.02 Å². The number of rotatable bonds is 1. The molecule has 4 heteroatoms. The van der Waals surface area contributed by atoms with Gasteiger partial charge >= 0.3 is 0 Å². The molecule has 0 saturated carbocycles. The van der Waals surface area contributed by atoms with Crippen LogP contribution in [-0.4, -0.2) is 8.96 Å². The third kappa shape index (κ3) is 2.01. The molecule has 21 heavy (non-hydrogen) atoms. The van der Waals surface area contributed by atoms with E-state index in [-0.39, 0.29) is 0 Å². The molecule has 2 heterocycles. The number of thiol groups is 1. The van der Waals surface area contributed by atoms with Gasteiger partial charge in [-0.3, -0.25) is 3.97 Å². The van der Waals surface area contributed by atoms with Crippen molar-refractivity contribution in [2.24, 2.45) is 0 Å². The molecule has 0 amide bonds. The molecule has 0 bridgehead atoms. The lowest BCUT2D eigenvalue weighted by Crippen LogP contribution is -1.82.